The zero-order valence-corrected chi connectivity index (χ0v) is 15.4. The molecule has 1 aromatic carbocycles. The Hall–Kier alpha value is -2.69. The molecule has 3 amide bonds. The summed E-state index contributed by atoms with van der Waals surface area (Å²) in [6.45, 7) is 1.29. The van der Waals surface area contributed by atoms with Gasteiger partial charge in [0.1, 0.15) is 0 Å². The maximum absolute atomic E-state index is 12.4. The zero-order chi connectivity index (χ0) is 19.6. The van der Waals surface area contributed by atoms with E-state index >= 15 is 0 Å². The Labute approximate surface area is 156 Å². The monoisotopic (exact) mass is 396 g/mol. The summed E-state index contributed by atoms with van der Waals surface area (Å²) in [7, 11) is -3.12. The molecule has 0 aliphatic carbocycles. The molecular formula is C16H20N4O6S. The Morgan fingerprint density at radius 1 is 1.15 bits per heavy atom. The molecule has 27 heavy (non-hydrogen) atoms. The third-order valence-electron chi connectivity index (χ3n) is 4.77. The Balaban J connectivity index is 1.53. The lowest BCUT2D eigenvalue weighted by molar-refractivity contribution is -0.384. The van der Waals surface area contributed by atoms with Crippen molar-refractivity contribution in [3.63, 3.8) is 0 Å². The number of hydrogen-bond acceptors (Lipinski definition) is 6. The van der Waals surface area contributed by atoms with Crippen molar-refractivity contribution in [2.24, 2.45) is 5.92 Å². The first-order valence-corrected chi connectivity index (χ1v) is 10.4. The molecule has 0 unspecified atom stereocenters. The van der Waals surface area contributed by atoms with Crippen LogP contribution in [0.3, 0.4) is 0 Å². The van der Waals surface area contributed by atoms with Crippen LogP contribution >= 0.6 is 0 Å². The van der Waals surface area contributed by atoms with E-state index in [0.717, 1.165) is 0 Å². The number of anilines is 1. The van der Waals surface area contributed by atoms with E-state index in [1.807, 2.05) is 0 Å². The van der Waals surface area contributed by atoms with Crippen LogP contribution in [0.5, 0.6) is 0 Å². The molecule has 1 aromatic rings. The molecule has 3 rings (SSSR count). The number of urea groups is 1. The molecular weight excluding hydrogens is 376 g/mol. The van der Waals surface area contributed by atoms with Crippen LogP contribution in [-0.4, -0.2) is 72.8 Å². The maximum atomic E-state index is 12.4. The number of nitrogens with one attached hydrogen (secondary N) is 1. The minimum Gasteiger partial charge on any atom is -0.339 e. The summed E-state index contributed by atoms with van der Waals surface area (Å²) in [4.78, 5) is 38.1. The minimum atomic E-state index is -3.12. The van der Waals surface area contributed by atoms with Crippen molar-refractivity contribution in [2.75, 3.05) is 43.0 Å². The minimum absolute atomic E-state index is 0.0506. The number of non-ortho nitro benzene ring substituents is 1. The van der Waals surface area contributed by atoms with Gasteiger partial charge in [-0.1, -0.05) is 6.07 Å². The van der Waals surface area contributed by atoms with E-state index in [4.69, 9.17) is 0 Å². The molecule has 10 nitrogen and oxygen atoms in total. The molecule has 1 atom stereocenters. The van der Waals surface area contributed by atoms with E-state index < -0.39 is 26.7 Å². The number of nitrogens with zero attached hydrogens (tertiary/aromatic N) is 3. The first kappa shape index (κ1) is 19.1. The molecule has 2 aliphatic rings. The maximum Gasteiger partial charge on any atom is 0.321 e. The SMILES string of the molecule is O=C(Nc1cccc([N+](=O)[O-])c1)N1CCN(C(=O)[C@H]2CCS(=O)(=O)C2)CC1. The number of hydrogen-bond donors (Lipinski definition) is 1. The normalized spacial score (nSPS) is 21.7. The Morgan fingerprint density at radius 2 is 1.81 bits per heavy atom. The highest BCUT2D eigenvalue weighted by molar-refractivity contribution is 7.91. The van der Waals surface area contributed by atoms with E-state index in [1.54, 1.807) is 11.0 Å². The van der Waals surface area contributed by atoms with E-state index in [0.29, 0.717) is 38.3 Å². The number of rotatable bonds is 3. The summed E-state index contributed by atoms with van der Waals surface area (Å²) in [6, 6.07) is 5.26. The molecule has 146 valence electrons. The second kappa shape index (κ2) is 7.51. The van der Waals surface area contributed by atoms with Crippen molar-refractivity contribution in [2.45, 2.75) is 6.42 Å². The number of sulfone groups is 1. The summed E-state index contributed by atoms with van der Waals surface area (Å²) in [6.07, 6.45) is 0.356. The van der Waals surface area contributed by atoms with Crippen molar-refractivity contribution >= 4 is 33.2 Å². The van der Waals surface area contributed by atoms with Crippen molar-refractivity contribution < 1.29 is 22.9 Å². The van der Waals surface area contributed by atoms with Gasteiger partial charge in [-0.15, -0.1) is 0 Å². The topological polar surface area (TPSA) is 130 Å². The van der Waals surface area contributed by atoms with Gasteiger partial charge in [-0.25, -0.2) is 13.2 Å². The first-order chi connectivity index (χ1) is 12.7. The zero-order valence-electron chi connectivity index (χ0n) is 14.5. The summed E-state index contributed by atoms with van der Waals surface area (Å²) in [5.41, 5.74) is 0.207. The fraction of sp³-hybridized carbons (Fsp3) is 0.500. The number of piperazine rings is 1. The first-order valence-electron chi connectivity index (χ1n) is 8.55. The van der Waals surface area contributed by atoms with Crippen LogP contribution < -0.4 is 5.32 Å². The number of carbonyl (C=O) groups excluding carboxylic acids is 2. The van der Waals surface area contributed by atoms with E-state index in [9.17, 15) is 28.1 Å². The quantitative estimate of drug-likeness (QED) is 0.591. The highest BCUT2D eigenvalue weighted by Crippen LogP contribution is 2.22. The molecule has 0 bridgehead atoms. The average molecular weight is 396 g/mol. The third-order valence-corrected chi connectivity index (χ3v) is 6.54. The van der Waals surface area contributed by atoms with Gasteiger partial charge in [0.15, 0.2) is 9.84 Å². The standard InChI is InChI=1S/C16H20N4O6S/c21-15(12-4-9-27(25,26)11-12)18-5-7-19(8-6-18)16(22)17-13-2-1-3-14(10-13)20(23)24/h1-3,10,12H,4-9,11H2,(H,17,22)/t12-/m0/s1. The summed E-state index contributed by atoms with van der Waals surface area (Å²) < 4.78 is 23.1. The lowest BCUT2D eigenvalue weighted by atomic mass is 10.1. The lowest BCUT2D eigenvalue weighted by Crippen LogP contribution is -2.53. The largest absolute Gasteiger partial charge is 0.339 e. The number of amides is 3. The fourth-order valence-electron chi connectivity index (χ4n) is 3.28. The van der Waals surface area contributed by atoms with Crippen molar-refractivity contribution in [1.29, 1.82) is 0 Å². The van der Waals surface area contributed by atoms with Gasteiger partial charge in [0.05, 0.1) is 22.3 Å². The van der Waals surface area contributed by atoms with Crippen LogP contribution in [0.2, 0.25) is 0 Å². The van der Waals surface area contributed by atoms with Gasteiger partial charge in [0.2, 0.25) is 5.91 Å². The Morgan fingerprint density at radius 3 is 2.41 bits per heavy atom. The lowest BCUT2D eigenvalue weighted by Gasteiger charge is -2.35. The van der Waals surface area contributed by atoms with Gasteiger partial charge in [-0.3, -0.25) is 14.9 Å². The van der Waals surface area contributed by atoms with E-state index in [1.165, 1.54) is 23.1 Å². The number of nitro benzene ring substituents is 1. The van der Waals surface area contributed by atoms with Crippen LogP contribution in [0.15, 0.2) is 24.3 Å². The molecule has 2 fully saturated rings. The highest BCUT2D eigenvalue weighted by atomic mass is 32.2. The van der Waals surface area contributed by atoms with Gasteiger partial charge in [0.25, 0.3) is 5.69 Å². The van der Waals surface area contributed by atoms with Gasteiger partial charge in [0, 0.05) is 44.0 Å². The number of benzene rings is 1. The second-order valence-corrected chi connectivity index (χ2v) is 8.88. The van der Waals surface area contributed by atoms with Crippen LogP contribution in [0.4, 0.5) is 16.2 Å². The van der Waals surface area contributed by atoms with Gasteiger partial charge in [-0.2, -0.15) is 0 Å². The fourth-order valence-corrected chi connectivity index (χ4v) is 5.01. The molecule has 0 radical (unpaired) electrons. The molecule has 0 spiro atoms. The predicted molar refractivity (Wildman–Crippen MR) is 97.0 cm³/mol. The van der Waals surface area contributed by atoms with Crippen LogP contribution in [0.25, 0.3) is 0 Å². The Bertz CT molecular complexity index is 863. The smallest absolute Gasteiger partial charge is 0.321 e. The molecule has 1 N–H and O–H groups in total. The summed E-state index contributed by atoms with van der Waals surface area (Å²) in [5, 5.41) is 13.4. The second-order valence-electron chi connectivity index (χ2n) is 6.65. The van der Waals surface area contributed by atoms with E-state index in [-0.39, 0.29) is 23.1 Å². The van der Waals surface area contributed by atoms with E-state index in [2.05, 4.69) is 5.32 Å². The Kier molecular flexibility index (Phi) is 5.31. The van der Waals surface area contributed by atoms with Crippen molar-refractivity contribution in [1.82, 2.24) is 9.80 Å². The highest BCUT2D eigenvalue weighted by Gasteiger charge is 2.36. The predicted octanol–water partition coefficient (Wildman–Crippen LogP) is 0.706. The van der Waals surface area contributed by atoms with Crippen LogP contribution in [0, 0.1) is 16.0 Å². The summed E-state index contributed by atoms with van der Waals surface area (Å²) >= 11 is 0. The van der Waals surface area contributed by atoms with Crippen molar-refractivity contribution in [3.05, 3.63) is 34.4 Å². The van der Waals surface area contributed by atoms with Crippen LogP contribution in [0.1, 0.15) is 6.42 Å². The summed E-state index contributed by atoms with van der Waals surface area (Å²) in [5.74, 6) is -0.705. The van der Waals surface area contributed by atoms with Crippen molar-refractivity contribution in [3.8, 4) is 0 Å². The molecule has 2 aliphatic heterocycles. The average Bonchev–Trinajstić information content (AvgIpc) is 3.01. The molecule has 0 aromatic heterocycles. The van der Waals surface area contributed by atoms with Gasteiger partial charge < -0.3 is 15.1 Å². The number of carbonyl (C=O) groups is 2. The van der Waals surface area contributed by atoms with Crippen LogP contribution in [-0.2, 0) is 14.6 Å². The molecule has 0 saturated carbocycles. The molecule has 2 saturated heterocycles. The molecule has 11 heteroatoms. The van der Waals surface area contributed by atoms with Gasteiger partial charge in [-0.05, 0) is 12.5 Å². The third kappa shape index (κ3) is 4.54. The molecule has 2 heterocycles. The van der Waals surface area contributed by atoms with Gasteiger partial charge >= 0.3 is 6.03 Å². The number of nitro groups is 1.